The van der Waals surface area contributed by atoms with E-state index in [1.165, 1.54) is 26.4 Å². The fraction of sp³-hybridized carbons (Fsp3) is 0.200. The first-order valence-corrected chi connectivity index (χ1v) is 15.7. The molecule has 0 aliphatic carbocycles. The number of esters is 4. The Kier molecular flexibility index (Phi) is 13.5. The fourth-order valence-corrected chi connectivity index (χ4v) is 4.66. The molecule has 0 saturated heterocycles. The molecule has 0 saturated carbocycles. The highest BCUT2D eigenvalue weighted by Crippen LogP contribution is 2.29. The molecule has 10 nitrogen and oxygen atoms in total. The van der Waals surface area contributed by atoms with Crippen molar-refractivity contribution in [2.75, 3.05) is 21.3 Å². The van der Waals surface area contributed by atoms with Gasteiger partial charge in [0.2, 0.25) is 0 Å². The van der Waals surface area contributed by atoms with Crippen LogP contribution in [0.5, 0.6) is 28.7 Å². The normalized spacial score (nSPS) is 10.9. The van der Waals surface area contributed by atoms with Crippen molar-refractivity contribution in [3.8, 4) is 28.7 Å². The van der Waals surface area contributed by atoms with Crippen molar-refractivity contribution in [2.45, 2.75) is 32.6 Å². The van der Waals surface area contributed by atoms with Crippen molar-refractivity contribution in [2.24, 2.45) is 0 Å². The first-order valence-electron chi connectivity index (χ1n) is 15.7. The lowest BCUT2D eigenvalue weighted by Crippen LogP contribution is -2.09. The van der Waals surface area contributed by atoms with Gasteiger partial charge < -0.3 is 28.4 Å². The van der Waals surface area contributed by atoms with Crippen LogP contribution < -0.4 is 23.7 Å². The number of carbonyl (C=O) groups excluding carboxylic acids is 4. The average Bonchev–Trinajstić information content (AvgIpc) is 3.13. The van der Waals surface area contributed by atoms with Crippen LogP contribution in [0.3, 0.4) is 0 Å². The van der Waals surface area contributed by atoms with Gasteiger partial charge in [-0.05, 0) is 102 Å². The number of methoxy groups -OCH3 is 3. The third-order valence-corrected chi connectivity index (χ3v) is 7.41. The Hall–Kier alpha value is -6.16. The third-order valence-electron chi connectivity index (χ3n) is 7.41. The van der Waals surface area contributed by atoms with E-state index in [4.69, 9.17) is 23.7 Å². The molecule has 0 unspecified atom stereocenters. The number of rotatable bonds is 15. The Morgan fingerprint density at radius 1 is 0.540 bits per heavy atom. The number of benzene rings is 4. The van der Waals surface area contributed by atoms with Crippen LogP contribution in [0.4, 0.5) is 0 Å². The van der Waals surface area contributed by atoms with E-state index in [1.54, 1.807) is 86.0 Å². The zero-order valence-electron chi connectivity index (χ0n) is 28.3. The summed E-state index contributed by atoms with van der Waals surface area (Å²) in [6.45, 7) is 1.94. The number of hydrogen-bond donors (Lipinski definition) is 0. The van der Waals surface area contributed by atoms with Crippen LogP contribution in [0.25, 0.3) is 12.2 Å². The molecule has 0 fully saturated rings. The molecule has 0 heterocycles. The standard InChI is InChI=1S/C40H38O10/c1-27-5-6-30(25-35(27)45-2)14-23-38(42)48-33-18-9-29(10-19-33)13-22-40(44)50-34-20-11-31(26-36(34)46-3)15-24-39(43)49-32-16-7-28(8-17-32)12-21-37(41)47-4/h5-11,13-14,16-20,22-23,25-26H,12,15,21,24H2,1-4H3/b22-13+,23-14+. The summed E-state index contributed by atoms with van der Waals surface area (Å²) in [7, 11) is 4.40. The summed E-state index contributed by atoms with van der Waals surface area (Å²) in [5.41, 5.74) is 4.20. The van der Waals surface area contributed by atoms with Crippen molar-refractivity contribution in [1.82, 2.24) is 0 Å². The van der Waals surface area contributed by atoms with Gasteiger partial charge >= 0.3 is 23.9 Å². The van der Waals surface area contributed by atoms with Crippen LogP contribution in [-0.2, 0) is 36.8 Å². The van der Waals surface area contributed by atoms with Crippen LogP contribution in [0.2, 0.25) is 0 Å². The number of carbonyl (C=O) groups is 4. The average molecular weight is 679 g/mol. The SMILES string of the molecule is COC(=O)CCc1ccc(OC(=O)CCc2ccc(OC(=O)/C=C/c3ccc(OC(=O)/C=C/c4ccc(C)c(OC)c4)cc3)c(OC)c2)cc1. The van der Waals surface area contributed by atoms with E-state index in [2.05, 4.69) is 4.74 Å². The Morgan fingerprint density at radius 2 is 1.10 bits per heavy atom. The molecule has 4 aromatic carbocycles. The maximum atomic E-state index is 12.6. The van der Waals surface area contributed by atoms with Crippen molar-refractivity contribution in [3.63, 3.8) is 0 Å². The van der Waals surface area contributed by atoms with E-state index in [-0.39, 0.29) is 24.6 Å². The summed E-state index contributed by atoms with van der Waals surface area (Å²) in [5, 5.41) is 0. The van der Waals surface area contributed by atoms with E-state index >= 15 is 0 Å². The Morgan fingerprint density at radius 3 is 1.78 bits per heavy atom. The van der Waals surface area contributed by atoms with Crippen LogP contribution in [0.15, 0.2) is 97.1 Å². The molecule has 4 aromatic rings. The first kappa shape index (κ1) is 36.7. The maximum absolute atomic E-state index is 12.6. The van der Waals surface area contributed by atoms with E-state index in [9.17, 15) is 19.2 Å². The van der Waals surface area contributed by atoms with Gasteiger partial charge in [0.25, 0.3) is 0 Å². The summed E-state index contributed by atoms with van der Waals surface area (Å²) < 4.78 is 31.6. The lowest BCUT2D eigenvalue weighted by atomic mass is 10.1. The van der Waals surface area contributed by atoms with E-state index in [0.29, 0.717) is 35.7 Å². The van der Waals surface area contributed by atoms with Gasteiger partial charge in [0, 0.05) is 25.0 Å². The summed E-state index contributed by atoms with van der Waals surface area (Å²) >= 11 is 0. The summed E-state index contributed by atoms with van der Waals surface area (Å²) in [4.78, 5) is 48.6. The molecule has 4 rings (SSSR count). The monoisotopic (exact) mass is 678 g/mol. The molecule has 0 aliphatic heterocycles. The fourth-order valence-electron chi connectivity index (χ4n) is 4.66. The minimum atomic E-state index is -0.621. The smallest absolute Gasteiger partial charge is 0.336 e. The molecule has 0 aliphatic rings. The van der Waals surface area contributed by atoms with E-state index in [0.717, 1.165) is 28.0 Å². The minimum Gasteiger partial charge on any atom is -0.496 e. The minimum absolute atomic E-state index is 0.118. The van der Waals surface area contributed by atoms with Crippen molar-refractivity contribution in [3.05, 3.63) is 125 Å². The van der Waals surface area contributed by atoms with Gasteiger partial charge in [-0.2, -0.15) is 0 Å². The summed E-state index contributed by atoms with van der Waals surface area (Å²) in [6.07, 6.45) is 7.13. The van der Waals surface area contributed by atoms with Gasteiger partial charge in [-0.25, -0.2) is 9.59 Å². The molecule has 0 radical (unpaired) electrons. The number of ether oxygens (including phenoxy) is 6. The Bertz CT molecular complexity index is 1850. The van der Waals surface area contributed by atoms with Crippen molar-refractivity contribution < 1.29 is 47.6 Å². The zero-order valence-corrected chi connectivity index (χ0v) is 28.3. The highest BCUT2D eigenvalue weighted by Gasteiger charge is 2.12. The van der Waals surface area contributed by atoms with E-state index < -0.39 is 17.9 Å². The molecule has 258 valence electrons. The zero-order chi connectivity index (χ0) is 35.9. The predicted octanol–water partition coefficient (Wildman–Crippen LogP) is 6.89. The Labute approximate surface area is 290 Å². The second-order valence-electron chi connectivity index (χ2n) is 11.0. The lowest BCUT2D eigenvalue weighted by molar-refractivity contribution is -0.140. The molecular formula is C40H38O10. The quantitative estimate of drug-likeness (QED) is 0.0746. The van der Waals surface area contributed by atoms with Gasteiger partial charge in [-0.15, -0.1) is 0 Å². The molecule has 50 heavy (non-hydrogen) atoms. The largest absolute Gasteiger partial charge is 0.496 e. The van der Waals surface area contributed by atoms with Crippen LogP contribution in [0, 0.1) is 6.92 Å². The molecule has 0 aromatic heterocycles. The molecule has 10 heteroatoms. The number of hydrogen-bond acceptors (Lipinski definition) is 10. The van der Waals surface area contributed by atoms with Crippen LogP contribution >= 0.6 is 0 Å². The van der Waals surface area contributed by atoms with Gasteiger partial charge in [0.05, 0.1) is 21.3 Å². The maximum Gasteiger partial charge on any atom is 0.336 e. The highest BCUT2D eigenvalue weighted by molar-refractivity contribution is 5.90. The molecule has 0 atom stereocenters. The van der Waals surface area contributed by atoms with Gasteiger partial charge in [-0.3, -0.25) is 9.59 Å². The summed E-state index contributed by atoms with van der Waals surface area (Å²) in [6, 6.07) is 24.3. The molecule has 0 bridgehead atoms. The molecular weight excluding hydrogens is 640 g/mol. The molecule has 0 N–H and O–H groups in total. The second kappa shape index (κ2) is 18.4. The highest BCUT2D eigenvalue weighted by atomic mass is 16.6. The van der Waals surface area contributed by atoms with Crippen molar-refractivity contribution >= 4 is 36.0 Å². The van der Waals surface area contributed by atoms with Crippen LogP contribution in [-0.4, -0.2) is 45.2 Å². The van der Waals surface area contributed by atoms with Gasteiger partial charge in [0.15, 0.2) is 11.5 Å². The third kappa shape index (κ3) is 11.5. The number of aryl methyl sites for hydroxylation is 3. The van der Waals surface area contributed by atoms with Crippen LogP contribution in [0.1, 0.15) is 40.7 Å². The van der Waals surface area contributed by atoms with Gasteiger partial charge in [0.1, 0.15) is 17.2 Å². The van der Waals surface area contributed by atoms with Crippen molar-refractivity contribution in [1.29, 1.82) is 0 Å². The topological polar surface area (TPSA) is 124 Å². The van der Waals surface area contributed by atoms with E-state index in [1.807, 2.05) is 25.1 Å². The van der Waals surface area contributed by atoms with Gasteiger partial charge in [-0.1, -0.05) is 42.5 Å². The molecule has 0 amide bonds. The lowest BCUT2D eigenvalue weighted by Gasteiger charge is -2.10. The predicted molar refractivity (Wildman–Crippen MR) is 187 cm³/mol. The Balaban J connectivity index is 1.23. The first-order chi connectivity index (χ1) is 24.1. The molecule has 0 spiro atoms. The summed E-state index contributed by atoms with van der Waals surface area (Å²) in [5.74, 6) is 0.198. The second-order valence-corrected chi connectivity index (χ2v) is 11.0.